The first kappa shape index (κ1) is 24.5. The van der Waals surface area contributed by atoms with Crippen molar-refractivity contribution < 1.29 is 38.7 Å². The fourth-order valence-electron chi connectivity index (χ4n) is 2.99. The molecule has 2 aromatic carbocycles. The highest BCUT2D eigenvalue weighted by Gasteiger charge is 2.36. The number of Topliss-reactive ketones (excluding diaryl/α,β-unsaturated/α-hetero) is 1. The number of thioether (sulfide) groups is 1. The van der Waals surface area contributed by atoms with E-state index in [-0.39, 0.29) is 34.3 Å². The SMILES string of the molecule is CCOc1cccc(/C=C2\SC(=O)N(CC(=O)c3ccc([N+](=O)[O-])cc3)C2=O)c1OCC(=O)O. The molecule has 0 atom stereocenters. The van der Waals surface area contributed by atoms with Gasteiger partial charge in [0.2, 0.25) is 0 Å². The first-order chi connectivity index (χ1) is 16.2. The number of imide groups is 1. The van der Waals surface area contributed by atoms with E-state index in [4.69, 9.17) is 14.6 Å². The lowest BCUT2D eigenvalue weighted by molar-refractivity contribution is -0.384. The van der Waals surface area contributed by atoms with Crippen LogP contribution in [0.1, 0.15) is 22.8 Å². The highest BCUT2D eigenvalue weighted by molar-refractivity contribution is 8.18. The summed E-state index contributed by atoms with van der Waals surface area (Å²) in [6, 6.07) is 9.58. The van der Waals surface area contributed by atoms with Crippen LogP contribution in [0.2, 0.25) is 0 Å². The molecule has 0 aliphatic carbocycles. The Bertz CT molecular complexity index is 1190. The molecule has 1 heterocycles. The van der Waals surface area contributed by atoms with Crippen molar-refractivity contribution in [2.45, 2.75) is 6.92 Å². The molecule has 1 fully saturated rings. The lowest BCUT2D eigenvalue weighted by atomic mass is 10.1. The smallest absolute Gasteiger partial charge is 0.341 e. The molecule has 1 aliphatic rings. The third-order valence-corrected chi connectivity index (χ3v) is 5.42. The summed E-state index contributed by atoms with van der Waals surface area (Å²) >= 11 is 0.617. The molecule has 34 heavy (non-hydrogen) atoms. The van der Waals surface area contributed by atoms with E-state index in [0.29, 0.717) is 17.3 Å². The van der Waals surface area contributed by atoms with Gasteiger partial charge >= 0.3 is 5.97 Å². The Morgan fingerprint density at radius 3 is 2.47 bits per heavy atom. The Morgan fingerprint density at radius 1 is 1.15 bits per heavy atom. The van der Waals surface area contributed by atoms with Gasteiger partial charge in [0.25, 0.3) is 16.8 Å². The van der Waals surface area contributed by atoms with E-state index in [1.807, 2.05) is 0 Å². The molecule has 2 amide bonds. The number of hydrogen-bond acceptors (Lipinski definition) is 9. The number of non-ortho nitro benzene ring substituents is 1. The van der Waals surface area contributed by atoms with Crippen molar-refractivity contribution in [1.82, 2.24) is 4.90 Å². The van der Waals surface area contributed by atoms with Gasteiger partial charge in [-0.3, -0.25) is 29.4 Å². The second kappa shape index (κ2) is 10.6. The van der Waals surface area contributed by atoms with Crippen LogP contribution in [0.5, 0.6) is 11.5 Å². The summed E-state index contributed by atoms with van der Waals surface area (Å²) in [5.74, 6) is -2.12. The second-order valence-corrected chi connectivity index (χ2v) is 7.78. The summed E-state index contributed by atoms with van der Waals surface area (Å²) in [4.78, 5) is 59.6. The first-order valence-corrected chi connectivity index (χ1v) is 10.7. The van der Waals surface area contributed by atoms with Crippen molar-refractivity contribution in [3.63, 3.8) is 0 Å². The average molecular weight is 486 g/mol. The van der Waals surface area contributed by atoms with E-state index in [0.717, 1.165) is 17.0 Å². The molecule has 0 saturated carbocycles. The molecule has 0 bridgehead atoms. The van der Waals surface area contributed by atoms with Gasteiger partial charge in [0.1, 0.15) is 0 Å². The zero-order chi connectivity index (χ0) is 24.8. The standard InChI is InChI=1S/C22H18N2O9S/c1-2-32-17-5-3-4-14(20(17)33-12-19(26)27)10-18-21(28)23(22(29)34-18)11-16(25)13-6-8-15(9-7-13)24(30)31/h3-10H,2,11-12H2,1H3,(H,26,27)/b18-10-. The molecule has 3 rings (SSSR count). The van der Waals surface area contributed by atoms with Crippen molar-refractivity contribution in [2.75, 3.05) is 19.8 Å². The number of rotatable bonds is 10. The number of carbonyl (C=O) groups is 4. The lowest BCUT2D eigenvalue weighted by Gasteiger charge is -2.13. The minimum atomic E-state index is -1.21. The van der Waals surface area contributed by atoms with Crippen LogP contribution in [0.15, 0.2) is 47.4 Å². The number of ether oxygens (including phenoxy) is 2. The van der Waals surface area contributed by atoms with Gasteiger partial charge in [-0.2, -0.15) is 0 Å². The van der Waals surface area contributed by atoms with Gasteiger partial charge in [-0.15, -0.1) is 0 Å². The molecule has 2 aromatic rings. The third-order valence-electron chi connectivity index (χ3n) is 4.51. The van der Waals surface area contributed by atoms with Crippen LogP contribution < -0.4 is 9.47 Å². The van der Waals surface area contributed by atoms with E-state index >= 15 is 0 Å². The van der Waals surface area contributed by atoms with Crippen molar-refractivity contribution in [1.29, 1.82) is 0 Å². The van der Waals surface area contributed by atoms with Gasteiger partial charge in [-0.25, -0.2) is 4.79 Å². The summed E-state index contributed by atoms with van der Waals surface area (Å²) in [5, 5.41) is 19.0. The van der Waals surface area contributed by atoms with Crippen LogP contribution in [-0.4, -0.2) is 57.6 Å². The van der Waals surface area contributed by atoms with Gasteiger partial charge in [0.15, 0.2) is 23.9 Å². The molecule has 1 aliphatic heterocycles. The molecule has 1 saturated heterocycles. The van der Waals surface area contributed by atoms with Crippen LogP contribution in [0.4, 0.5) is 10.5 Å². The Kier molecular flexibility index (Phi) is 7.64. The predicted molar refractivity (Wildman–Crippen MR) is 121 cm³/mol. The normalized spacial score (nSPS) is 14.4. The summed E-state index contributed by atoms with van der Waals surface area (Å²) in [6.07, 6.45) is 1.36. The quantitative estimate of drug-likeness (QED) is 0.229. The molecule has 1 N–H and O–H groups in total. The fourth-order valence-corrected chi connectivity index (χ4v) is 3.81. The van der Waals surface area contributed by atoms with Crippen LogP contribution in [0.3, 0.4) is 0 Å². The van der Waals surface area contributed by atoms with Gasteiger partial charge in [0, 0.05) is 23.3 Å². The molecular weight excluding hydrogens is 468 g/mol. The van der Waals surface area contributed by atoms with Crippen molar-refractivity contribution in [3.8, 4) is 11.5 Å². The van der Waals surface area contributed by atoms with Crippen LogP contribution in [0.25, 0.3) is 6.08 Å². The lowest BCUT2D eigenvalue weighted by Crippen LogP contribution is -2.33. The summed E-state index contributed by atoms with van der Waals surface area (Å²) in [5.41, 5.74) is 0.239. The Hall–Kier alpha value is -4.19. The first-order valence-electron chi connectivity index (χ1n) is 9.84. The average Bonchev–Trinajstić information content (AvgIpc) is 3.06. The summed E-state index contributed by atoms with van der Waals surface area (Å²) in [7, 11) is 0. The van der Waals surface area contributed by atoms with E-state index in [2.05, 4.69) is 0 Å². The van der Waals surface area contributed by atoms with Crippen LogP contribution in [0, 0.1) is 10.1 Å². The van der Waals surface area contributed by atoms with Crippen molar-refractivity contribution in [2.24, 2.45) is 0 Å². The largest absolute Gasteiger partial charge is 0.490 e. The predicted octanol–water partition coefficient (Wildman–Crippen LogP) is 3.38. The number of para-hydroxylation sites is 1. The van der Waals surface area contributed by atoms with E-state index in [1.165, 1.54) is 18.2 Å². The molecule has 176 valence electrons. The number of hydrogen-bond donors (Lipinski definition) is 1. The van der Waals surface area contributed by atoms with Gasteiger partial charge in [0.05, 0.1) is 23.0 Å². The molecule has 0 aromatic heterocycles. The summed E-state index contributed by atoms with van der Waals surface area (Å²) in [6.45, 7) is 0.840. The number of aliphatic carboxylic acids is 1. The van der Waals surface area contributed by atoms with Crippen molar-refractivity contribution >= 4 is 46.4 Å². The monoisotopic (exact) mass is 486 g/mol. The minimum absolute atomic E-state index is 0.00956. The number of nitro benzene ring substituents is 1. The number of benzene rings is 2. The van der Waals surface area contributed by atoms with E-state index in [9.17, 15) is 29.3 Å². The number of carboxylic acids is 1. The molecule has 0 radical (unpaired) electrons. The van der Waals surface area contributed by atoms with Gasteiger partial charge in [-0.1, -0.05) is 12.1 Å². The topological polar surface area (TPSA) is 153 Å². The Balaban J connectivity index is 1.83. The maximum Gasteiger partial charge on any atom is 0.341 e. The number of nitro groups is 1. The van der Waals surface area contributed by atoms with Crippen LogP contribution in [-0.2, 0) is 9.59 Å². The van der Waals surface area contributed by atoms with E-state index < -0.39 is 41.0 Å². The number of nitrogens with zero attached hydrogens (tertiary/aromatic N) is 2. The zero-order valence-electron chi connectivity index (χ0n) is 17.8. The Morgan fingerprint density at radius 2 is 1.85 bits per heavy atom. The number of ketones is 1. The number of amides is 2. The molecule has 0 unspecified atom stereocenters. The number of carbonyl (C=O) groups excluding carboxylic acids is 3. The van der Waals surface area contributed by atoms with Gasteiger partial charge in [-0.05, 0) is 43.0 Å². The molecule has 12 heteroatoms. The fraction of sp³-hybridized carbons (Fsp3) is 0.182. The second-order valence-electron chi connectivity index (χ2n) is 6.78. The maximum atomic E-state index is 12.8. The number of carboxylic acid groups (broad SMARTS) is 1. The summed E-state index contributed by atoms with van der Waals surface area (Å²) < 4.78 is 10.8. The Labute approximate surface area is 197 Å². The van der Waals surface area contributed by atoms with Crippen LogP contribution >= 0.6 is 11.8 Å². The third kappa shape index (κ3) is 5.59. The highest BCUT2D eigenvalue weighted by atomic mass is 32.2. The molecule has 0 spiro atoms. The van der Waals surface area contributed by atoms with E-state index in [1.54, 1.807) is 25.1 Å². The molecular formula is C22H18N2O9S. The zero-order valence-corrected chi connectivity index (χ0v) is 18.6. The minimum Gasteiger partial charge on any atom is -0.490 e. The van der Waals surface area contributed by atoms with Gasteiger partial charge < -0.3 is 14.6 Å². The highest BCUT2D eigenvalue weighted by Crippen LogP contribution is 2.37. The van der Waals surface area contributed by atoms with Crippen molar-refractivity contribution in [3.05, 3.63) is 68.6 Å². The maximum absolute atomic E-state index is 12.8. The molecule has 11 nitrogen and oxygen atoms in total.